The van der Waals surface area contributed by atoms with Gasteiger partial charge in [-0.05, 0) is 55.1 Å². The molecule has 1 aliphatic rings. The van der Waals surface area contributed by atoms with Crippen LogP contribution >= 0.6 is 0 Å². The molecule has 1 saturated carbocycles. The Hall–Kier alpha value is -1.49. The van der Waals surface area contributed by atoms with Crippen LogP contribution in [0, 0.1) is 28.1 Å². The lowest BCUT2D eigenvalue weighted by Crippen LogP contribution is -2.33. The van der Waals surface area contributed by atoms with Crippen LogP contribution in [0.3, 0.4) is 0 Å². The van der Waals surface area contributed by atoms with Crippen molar-refractivity contribution in [2.24, 2.45) is 16.7 Å². The highest BCUT2D eigenvalue weighted by atomic mass is 16.5. The van der Waals surface area contributed by atoms with Gasteiger partial charge < -0.3 is 4.74 Å². The molecule has 0 amide bonds. The zero-order chi connectivity index (χ0) is 15.5. The molecule has 1 fully saturated rings. The number of methoxy groups -OCH3 is 1. The first-order chi connectivity index (χ1) is 9.90. The smallest absolute Gasteiger partial charge is 0.122 e. The maximum absolute atomic E-state index is 9.76. The normalized spacial score (nSPS) is 26.1. The number of hydrogen-bond donors (Lipinski definition) is 0. The number of nitrogens with zero attached hydrogens (tertiary/aromatic N) is 1. The molecular weight excluding hydrogens is 258 g/mol. The highest BCUT2D eigenvalue weighted by molar-refractivity contribution is 5.35. The summed E-state index contributed by atoms with van der Waals surface area (Å²) in [5.41, 5.74) is 1.30. The molecular formula is C19H27NO. The molecule has 1 aromatic carbocycles. The Kier molecular flexibility index (Phi) is 4.61. The molecule has 0 spiro atoms. The summed E-state index contributed by atoms with van der Waals surface area (Å²) in [7, 11) is 1.70. The summed E-state index contributed by atoms with van der Waals surface area (Å²) in [4.78, 5) is 0. The minimum atomic E-state index is -0.212. The summed E-state index contributed by atoms with van der Waals surface area (Å²) in [6.45, 7) is 6.95. The van der Waals surface area contributed by atoms with Crippen LogP contribution in [0.5, 0.6) is 5.75 Å². The van der Waals surface area contributed by atoms with Crippen molar-refractivity contribution in [2.45, 2.75) is 52.9 Å². The fourth-order valence-electron chi connectivity index (χ4n) is 3.58. The van der Waals surface area contributed by atoms with Crippen LogP contribution in [-0.2, 0) is 6.42 Å². The van der Waals surface area contributed by atoms with Gasteiger partial charge in [0.2, 0.25) is 0 Å². The Morgan fingerprint density at radius 2 is 1.86 bits per heavy atom. The van der Waals surface area contributed by atoms with E-state index in [9.17, 15) is 5.26 Å². The quantitative estimate of drug-likeness (QED) is 0.784. The molecule has 0 atom stereocenters. The van der Waals surface area contributed by atoms with E-state index in [2.05, 4.69) is 32.9 Å². The maximum Gasteiger partial charge on any atom is 0.122 e. The van der Waals surface area contributed by atoms with Crippen molar-refractivity contribution in [2.75, 3.05) is 7.11 Å². The number of benzene rings is 1. The topological polar surface area (TPSA) is 33.0 Å². The first-order valence-corrected chi connectivity index (χ1v) is 7.93. The highest BCUT2D eigenvalue weighted by Gasteiger charge is 2.39. The van der Waals surface area contributed by atoms with E-state index in [0.717, 1.165) is 49.3 Å². The van der Waals surface area contributed by atoms with Gasteiger partial charge >= 0.3 is 0 Å². The average Bonchev–Trinajstić information content (AvgIpc) is 2.47. The van der Waals surface area contributed by atoms with E-state index in [1.54, 1.807) is 7.11 Å². The molecule has 0 unspecified atom stereocenters. The lowest BCUT2D eigenvalue weighted by Gasteiger charge is -2.40. The van der Waals surface area contributed by atoms with Crippen LogP contribution in [0.25, 0.3) is 0 Å². The molecule has 0 radical (unpaired) electrons. The van der Waals surface area contributed by atoms with Gasteiger partial charge in [-0.25, -0.2) is 0 Å². The van der Waals surface area contributed by atoms with Crippen molar-refractivity contribution in [3.05, 3.63) is 29.8 Å². The first kappa shape index (κ1) is 15.9. The van der Waals surface area contributed by atoms with Crippen LogP contribution in [0.4, 0.5) is 0 Å². The van der Waals surface area contributed by atoms with Crippen LogP contribution in [0.1, 0.15) is 52.0 Å². The van der Waals surface area contributed by atoms with Crippen LogP contribution in [0.2, 0.25) is 0 Å². The summed E-state index contributed by atoms with van der Waals surface area (Å²) in [6, 6.07) is 10.7. The molecule has 0 aromatic heterocycles. The molecule has 2 rings (SSSR count). The molecule has 114 valence electrons. The Labute approximate surface area is 129 Å². The van der Waals surface area contributed by atoms with Crippen molar-refractivity contribution in [1.82, 2.24) is 0 Å². The fourth-order valence-corrected chi connectivity index (χ4v) is 3.58. The van der Waals surface area contributed by atoms with Gasteiger partial charge in [0, 0.05) is 0 Å². The SMILES string of the molecule is COc1ccccc1CC1(C#N)CCC(C(C)(C)C)CC1. The molecule has 1 aromatic rings. The minimum absolute atomic E-state index is 0.212. The van der Waals surface area contributed by atoms with E-state index in [0.29, 0.717) is 5.41 Å². The van der Waals surface area contributed by atoms with E-state index < -0.39 is 0 Å². The summed E-state index contributed by atoms with van der Waals surface area (Å²) in [5.74, 6) is 1.64. The zero-order valence-electron chi connectivity index (χ0n) is 13.8. The second-order valence-corrected chi connectivity index (χ2v) is 7.52. The van der Waals surface area contributed by atoms with E-state index in [4.69, 9.17) is 4.74 Å². The number of ether oxygens (including phenoxy) is 1. The van der Waals surface area contributed by atoms with Gasteiger partial charge in [-0.1, -0.05) is 39.0 Å². The van der Waals surface area contributed by atoms with Gasteiger partial charge in [-0.2, -0.15) is 5.26 Å². The van der Waals surface area contributed by atoms with Gasteiger partial charge in [0.1, 0.15) is 5.75 Å². The first-order valence-electron chi connectivity index (χ1n) is 7.93. The molecule has 0 heterocycles. The fraction of sp³-hybridized carbons (Fsp3) is 0.632. The highest BCUT2D eigenvalue weighted by Crippen LogP contribution is 2.47. The van der Waals surface area contributed by atoms with Crippen molar-refractivity contribution in [3.8, 4) is 11.8 Å². The third-order valence-corrected chi connectivity index (χ3v) is 5.13. The van der Waals surface area contributed by atoms with E-state index in [1.807, 2.05) is 18.2 Å². The monoisotopic (exact) mass is 285 g/mol. The lowest BCUT2D eigenvalue weighted by atomic mass is 9.63. The minimum Gasteiger partial charge on any atom is -0.496 e. The standard InChI is InChI=1S/C19H27NO/c1-18(2,3)16-9-11-19(14-20,12-10-16)13-15-7-5-6-8-17(15)21-4/h5-8,16H,9-13H2,1-4H3. The summed E-state index contributed by atoms with van der Waals surface area (Å²) in [5, 5.41) is 9.76. The van der Waals surface area contributed by atoms with Gasteiger partial charge in [0.25, 0.3) is 0 Å². The molecule has 0 bridgehead atoms. The zero-order valence-corrected chi connectivity index (χ0v) is 13.8. The molecule has 1 aliphatic carbocycles. The average molecular weight is 285 g/mol. The van der Waals surface area contributed by atoms with Crippen molar-refractivity contribution < 1.29 is 4.74 Å². The Balaban J connectivity index is 2.13. The van der Waals surface area contributed by atoms with Crippen LogP contribution < -0.4 is 4.74 Å². The number of nitriles is 1. The van der Waals surface area contributed by atoms with Crippen molar-refractivity contribution in [3.63, 3.8) is 0 Å². The van der Waals surface area contributed by atoms with Gasteiger partial charge in [-0.3, -0.25) is 0 Å². The number of rotatable bonds is 3. The predicted octanol–water partition coefficient (Wildman–Crippen LogP) is 4.98. The predicted molar refractivity (Wildman–Crippen MR) is 86.2 cm³/mol. The van der Waals surface area contributed by atoms with Crippen LogP contribution in [-0.4, -0.2) is 7.11 Å². The van der Waals surface area contributed by atoms with Gasteiger partial charge in [-0.15, -0.1) is 0 Å². The Morgan fingerprint density at radius 3 is 2.38 bits per heavy atom. The molecule has 2 heteroatoms. The summed E-state index contributed by atoms with van der Waals surface area (Å²) >= 11 is 0. The third-order valence-electron chi connectivity index (χ3n) is 5.13. The summed E-state index contributed by atoms with van der Waals surface area (Å²) in [6.07, 6.45) is 5.13. The largest absolute Gasteiger partial charge is 0.496 e. The Bertz CT molecular complexity index is 513. The van der Waals surface area contributed by atoms with Gasteiger partial charge in [0.05, 0.1) is 18.6 Å². The molecule has 0 aliphatic heterocycles. The second kappa shape index (κ2) is 6.10. The van der Waals surface area contributed by atoms with E-state index in [-0.39, 0.29) is 5.41 Å². The lowest BCUT2D eigenvalue weighted by molar-refractivity contribution is 0.120. The van der Waals surface area contributed by atoms with Gasteiger partial charge in [0.15, 0.2) is 0 Å². The number of para-hydroxylation sites is 1. The Morgan fingerprint density at radius 1 is 1.24 bits per heavy atom. The van der Waals surface area contributed by atoms with Crippen LogP contribution in [0.15, 0.2) is 24.3 Å². The van der Waals surface area contributed by atoms with E-state index in [1.165, 1.54) is 0 Å². The van der Waals surface area contributed by atoms with E-state index >= 15 is 0 Å². The second-order valence-electron chi connectivity index (χ2n) is 7.52. The molecule has 0 N–H and O–H groups in total. The third kappa shape index (κ3) is 3.59. The molecule has 21 heavy (non-hydrogen) atoms. The van der Waals surface area contributed by atoms with Crippen molar-refractivity contribution >= 4 is 0 Å². The molecule has 2 nitrogen and oxygen atoms in total. The molecule has 0 saturated heterocycles. The maximum atomic E-state index is 9.76. The number of hydrogen-bond acceptors (Lipinski definition) is 2. The summed E-state index contributed by atoms with van der Waals surface area (Å²) < 4.78 is 5.44. The van der Waals surface area contributed by atoms with Crippen molar-refractivity contribution in [1.29, 1.82) is 5.26 Å².